The van der Waals surface area contributed by atoms with Gasteiger partial charge in [-0.1, -0.05) is 6.07 Å². The molecule has 0 aliphatic carbocycles. The van der Waals surface area contributed by atoms with Crippen molar-refractivity contribution in [2.24, 2.45) is 0 Å². The second-order valence-corrected chi connectivity index (χ2v) is 6.03. The maximum Gasteiger partial charge on any atom is 0.221 e. The molecule has 1 amide bonds. The van der Waals surface area contributed by atoms with Crippen molar-refractivity contribution in [2.45, 2.75) is 6.92 Å². The van der Waals surface area contributed by atoms with E-state index in [2.05, 4.69) is 5.32 Å². The normalized spacial score (nSPS) is 10.5. The van der Waals surface area contributed by atoms with Gasteiger partial charge in [0.2, 0.25) is 5.91 Å². The molecule has 7 nitrogen and oxygen atoms in total. The lowest BCUT2D eigenvalue weighted by Gasteiger charge is -2.15. The molecule has 1 N–H and O–H groups in total. The first kappa shape index (κ1) is 19.3. The number of benzene rings is 2. The highest BCUT2D eigenvalue weighted by Crippen LogP contribution is 2.39. The number of anilines is 1. The first-order valence-corrected chi connectivity index (χ1v) is 8.57. The summed E-state index contributed by atoms with van der Waals surface area (Å²) in [6.07, 6.45) is 0. The number of carbonyl (C=O) groups is 1. The average Bonchev–Trinajstić information content (AvgIpc) is 2.71. The molecule has 0 saturated heterocycles. The molecule has 3 aromatic rings. The highest BCUT2D eigenvalue weighted by molar-refractivity contribution is 5.95. The summed E-state index contributed by atoms with van der Waals surface area (Å²) in [5.41, 5.74) is 2.70. The molecule has 0 aliphatic heterocycles. The summed E-state index contributed by atoms with van der Waals surface area (Å²) in [5.74, 6) is 2.09. The smallest absolute Gasteiger partial charge is 0.221 e. The van der Waals surface area contributed by atoms with Gasteiger partial charge in [-0.25, -0.2) is 4.98 Å². The fourth-order valence-corrected chi connectivity index (χ4v) is 2.98. The molecular formula is C21H22N2O5. The lowest BCUT2D eigenvalue weighted by molar-refractivity contribution is -0.114. The summed E-state index contributed by atoms with van der Waals surface area (Å²) in [5, 5.41) is 3.73. The Bertz CT molecular complexity index is 1030. The van der Waals surface area contributed by atoms with E-state index in [4.69, 9.17) is 23.9 Å². The van der Waals surface area contributed by atoms with Crippen molar-refractivity contribution in [3.05, 3.63) is 36.4 Å². The predicted molar refractivity (Wildman–Crippen MR) is 108 cm³/mol. The molecule has 0 atom stereocenters. The summed E-state index contributed by atoms with van der Waals surface area (Å²) >= 11 is 0. The van der Waals surface area contributed by atoms with Crippen LogP contribution in [-0.2, 0) is 4.79 Å². The third-order valence-electron chi connectivity index (χ3n) is 4.30. The van der Waals surface area contributed by atoms with Crippen LogP contribution in [0.5, 0.6) is 23.0 Å². The zero-order valence-corrected chi connectivity index (χ0v) is 16.5. The Balaban J connectivity index is 2.20. The second kappa shape index (κ2) is 8.04. The molecule has 0 spiro atoms. The first-order chi connectivity index (χ1) is 13.5. The summed E-state index contributed by atoms with van der Waals surface area (Å²) in [4.78, 5) is 16.4. The van der Waals surface area contributed by atoms with Crippen LogP contribution in [-0.4, -0.2) is 39.3 Å². The van der Waals surface area contributed by atoms with E-state index in [1.54, 1.807) is 40.6 Å². The summed E-state index contributed by atoms with van der Waals surface area (Å²) < 4.78 is 21.5. The van der Waals surface area contributed by atoms with Crippen LogP contribution in [0.4, 0.5) is 5.69 Å². The molecule has 2 aromatic carbocycles. The Morgan fingerprint density at radius 2 is 1.39 bits per heavy atom. The van der Waals surface area contributed by atoms with Crippen LogP contribution in [0.2, 0.25) is 0 Å². The number of methoxy groups -OCH3 is 4. The van der Waals surface area contributed by atoms with Crippen LogP contribution in [0.3, 0.4) is 0 Å². The monoisotopic (exact) mass is 382 g/mol. The van der Waals surface area contributed by atoms with E-state index in [9.17, 15) is 4.79 Å². The SMILES string of the molecule is COc1cc(NC(C)=O)c(-c2ccc3cc(OC)c(OC)cc3n2)cc1OC. The lowest BCUT2D eigenvalue weighted by atomic mass is 10.1. The van der Waals surface area contributed by atoms with Gasteiger partial charge in [0.1, 0.15) is 0 Å². The van der Waals surface area contributed by atoms with Gasteiger partial charge in [0.15, 0.2) is 23.0 Å². The average molecular weight is 382 g/mol. The molecule has 0 unspecified atom stereocenters. The molecule has 7 heteroatoms. The minimum Gasteiger partial charge on any atom is -0.493 e. The predicted octanol–water partition coefficient (Wildman–Crippen LogP) is 3.89. The maximum absolute atomic E-state index is 11.7. The van der Waals surface area contributed by atoms with Crippen molar-refractivity contribution in [3.8, 4) is 34.3 Å². The highest BCUT2D eigenvalue weighted by Gasteiger charge is 2.16. The van der Waals surface area contributed by atoms with E-state index in [1.807, 2.05) is 24.3 Å². The van der Waals surface area contributed by atoms with Crippen molar-refractivity contribution in [1.29, 1.82) is 0 Å². The number of hydrogen-bond acceptors (Lipinski definition) is 6. The van der Waals surface area contributed by atoms with Crippen LogP contribution in [0.1, 0.15) is 6.92 Å². The summed E-state index contributed by atoms with van der Waals surface area (Å²) in [6, 6.07) is 11.0. The number of ether oxygens (including phenoxy) is 4. The van der Waals surface area contributed by atoms with E-state index in [0.717, 1.165) is 10.9 Å². The molecule has 0 saturated carbocycles. The largest absolute Gasteiger partial charge is 0.493 e. The Morgan fingerprint density at radius 3 is 2.00 bits per heavy atom. The third kappa shape index (κ3) is 3.64. The number of nitrogens with one attached hydrogen (secondary N) is 1. The van der Waals surface area contributed by atoms with E-state index in [1.165, 1.54) is 6.92 Å². The van der Waals surface area contributed by atoms with Crippen molar-refractivity contribution in [1.82, 2.24) is 4.98 Å². The molecule has 146 valence electrons. The van der Waals surface area contributed by atoms with Gasteiger partial charge >= 0.3 is 0 Å². The molecule has 0 radical (unpaired) electrons. The van der Waals surface area contributed by atoms with Gasteiger partial charge in [-0.05, 0) is 18.2 Å². The minimum atomic E-state index is -0.194. The third-order valence-corrected chi connectivity index (χ3v) is 4.30. The van der Waals surface area contributed by atoms with Gasteiger partial charge in [-0.3, -0.25) is 4.79 Å². The second-order valence-electron chi connectivity index (χ2n) is 6.03. The Kier molecular flexibility index (Phi) is 5.54. The number of pyridine rings is 1. The molecule has 1 aromatic heterocycles. The van der Waals surface area contributed by atoms with Crippen LogP contribution in [0.15, 0.2) is 36.4 Å². The number of nitrogens with zero attached hydrogens (tertiary/aromatic N) is 1. The number of rotatable bonds is 6. The standard InChI is InChI=1S/C21H22N2O5/c1-12(24)22-17-11-21(28-5)19(26-3)9-14(17)15-7-6-13-8-18(25-2)20(27-4)10-16(13)23-15/h6-11H,1-5H3,(H,22,24). The van der Waals surface area contributed by atoms with Gasteiger partial charge in [-0.2, -0.15) is 0 Å². The maximum atomic E-state index is 11.7. The summed E-state index contributed by atoms with van der Waals surface area (Å²) in [7, 11) is 6.28. The number of fused-ring (bicyclic) bond motifs is 1. The Hall–Kier alpha value is -3.48. The fraction of sp³-hybridized carbons (Fsp3) is 0.238. The quantitative estimate of drug-likeness (QED) is 0.697. The highest BCUT2D eigenvalue weighted by atomic mass is 16.5. The van der Waals surface area contributed by atoms with E-state index < -0.39 is 0 Å². The number of hydrogen-bond donors (Lipinski definition) is 1. The van der Waals surface area contributed by atoms with Gasteiger partial charge in [-0.15, -0.1) is 0 Å². The van der Waals surface area contributed by atoms with Crippen LogP contribution < -0.4 is 24.3 Å². The van der Waals surface area contributed by atoms with Crippen molar-refractivity contribution in [3.63, 3.8) is 0 Å². The van der Waals surface area contributed by atoms with Crippen molar-refractivity contribution in [2.75, 3.05) is 33.8 Å². The van der Waals surface area contributed by atoms with E-state index in [0.29, 0.717) is 39.9 Å². The van der Waals surface area contributed by atoms with Crippen LogP contribution in [0, 0.1) is 0 Å². The van der Waals surface area contributed by atoms with Crippen LogP contribution in [0.25, 0.3) is 22.2 Å². The van der Waals surface area contributed by atoms with E-state index in [-0.39, 0.29) is 5.91 Å². The number of amides is 1. The Morgan fingerprint density at radius 1 is 0.821 bits per heavy atom. The van der Waals surface area contributed by atoms with Crippen LogP contribution >= 0.6 is 0 Å². The zero-order chi connectivity index (χ0) is 20.3. The molecule has 3 rings (SSSR count). The van der Waals surface area contributed by atoms with Gasteiger partial charge < -0.3 is 24.3 Å². The molecule has 1 heterocycles. The molecule has 0 bridgehead atoms. The Labute approximate surface area is 163 Å². The van der Waals surface area contributed by atoms with Crippen molar-refractivity contribution < 1.29 is 23.7 Å². The van der Waals surface area contributed by atoms with Crippen molar-refractivity contribution >= 4 is 22.5 Å². The minimum absolute atomic E-state index is 0.194. The number of aromatic nitrogens is 1. The topological polar surface area (TPSA) is 78.9 Å². The molecule has 0 aliphatic rings. The molecule has 0 fully saturated rings. The van der Waals surface area contributed by atoms with E-state index >= 15 is 0 Å². The fourth-order valence-electron chi connectivity index (χ4n) is 2.98. The van der Waals surface area contributed by atoms with Gasteiger partial charge in [0, 0.05) is 30.0 Å². The number of carbonyl (C=O) groups excluding carboxylic acids is 1. The van der Waals surface area contributed by atoms with Gasteiger partial charge in [0.25, 0.3) is 0 Å². The first-order valence-electron chi connectivity index (χ1n) is 8.57. The molecule has 28 heavy (non-hydrogen) atoms. The zero-order valence-electron chi connectivity index (χ0n) is 16.5. The summed E-state index contributed by atoms with van der Waals surface area (Å²) in [6.45, 7) is 1.45. The molecular weight excluding hydrogens is 360 g/mol. The lowest BCUT2D eigenvalue weighted by Crippen LogP contribution is -2.08. The van der Waals surface area contributed by atoms with Gasteiger partial charge in [0.05, 0.1) is 45.3 Å².